The first-order valence-corrected chi connectivity index (χ1v) is 8.75. The monoisotopic (exact) mass is 263 g/mol. The van der Waals surface area contributed by atoms with Crippen LogP contribution < -0.4 is 5.32 Å². The molecular weight excluding hydrogens is 230 g/mol. The van der Waals surface area contributed by atoms with Crippen molar-refractivity contribution in [3.8, 4) is 0 Å². The third kappa shape index (κ3) is 2.73. The van der Waals surface area contributed by atoms with E-state index in [4.69, 9.17) is 0 Å². The van der Waals surface area contributed by atoms with E-state index in [9.17, 15) is 0 Å². The molecule has 0 aromatic carbocycles. The Kier molecular flexibility index (Phi) is 3.71. The van der Waals surface area contributed by atoms with Crippen LogP contribution in [0.3, 0.4) is 0 Å². The zero-order valence-electron chi connectivity index (χ0n) is 13.3. The third-order valence-electron chi connectivity index (χ3n) is 6.39. The lowest BCUT2D eigenvalue weighted by atomic mass is 9.60. The first-order chi connectivity index (χ1) is 9.00. The second-order valence-corrected chi connectivity index (χ2v) is 8.75. The molecule has 3 atom stereocenters. The van der Waals surface area contributed by atoms with Gasteiger partial charge in [-0.1, -0.05) is 25.7 Å². The van der Waals surface area contributed by atoms with Crippen molar-refractivity contribution in [2.45, 2.75) is 84.1 Å². The molecular formula is C18H33N. The molecule has 3 unspecified atom stereocenters. The van der Waals surface area contributed by atoms with E-state index in [2.05, 4.69) is 26.1 Å². The van der Waals surface area contributed by atoms with Crippen LogP contribution in [0.1, 0.15) is 78.6 Å². The number of nitrogens with one attached hydrogen (secondary N) is 1. The van der Waals surface area contributed by atoms with E-state index in [0.29, 0.717) is 5.41 Å². The highest BCUT2D eigenvalue weighted by molar-refractivity contribution is 5.05. The first-order valence-electron chi connectivity index (χ1n) is 8.75. The predicted molar refractivity (Wildman–Crippen MR) is 82.2 cm³/mol. The minimum Gasteiger partial charge on any atom is -0.311 e. The Morgan fingerprint density at radius 1 is 0.947 bits per heavy atom. The van der Waals surface area contributed by atoms with Gasteiger partial charge in [-0.2, -0.15) is 0 Å². The summed E-state index contributed by atoms with van der Waals surface area (Å²) in [7, 11) is 0. The van der Waals surface area contributed by atoms with Gasteiger partial charge < -0.3 is 5.32 Å². The molecule has 2 bridgehead atoms. The van der Waals surface area contributed by atoms with Gasteiger partial charge in [-0.15, -0.1) is 0 Å². The number of fused-ring (bicyclic) bond motifs is 2. The molecule has 3 fully saturated rings. The van der Waals surface area contributed by atoms with E-state index in [1.54, 1.807) is 12.8 Å². The van der Waals surface area contributed by atoms with E-state index in [-0.39, 0.29) is 5.54 Å². The zero-order chi connectivity index (χ0) is 13.5. The Labute approximate surface area is 119 Å². The summed E-state index contributed by atoms with van der Waals surface area (Å²) in [6.07, 6.45) is 13.7. The number of hydrogen-bond donors (Lipinski definition) is 1. The maximum absolute atomic E-state index is 3.89. The lowest BCUT2D eigenvalue weighted by molar-refractivity contribution is 0.0415. The molecule has 1 nitrogen and oxygen atoms in total. The molecule has 1 heteroatoms. The van der Waals surface area contributed by atoms with Gasteiger partial charge in [0, 0.05) is 12.1 Å². The highest BCUT2D eigenvalue weighted by atomic mass is 15.0. The fraction of sp³-hybridized carbons (Fsp3) is 1.00. The SMILES string of the molecule is CC(C)(C)NCC1(C2CCCCC2)CC2CCC1C2. The Morgan fingerprint density at radius 2 is 1.68 bits per heavy atom. The summed E-state index contributed by atoms with van der Waals surface area (Å²) in [5.41, 5.74) is 0.958. The van der Waals surface area contributed by atoms with E-state index in [0.717, 1.165) is 17.8 Å². The predicted octanol–water partition coefficient (Wildman–Crippen LogP) is 4.76. The summed E-state index contributed by atoms with van der Waals surface area (Å²) in [6, 6.07) is 0. The lowest BCUT2D eigenvalue weighted by Crippen LogP contribution is -2.50. The molecule has 3 rings (SSSR count). The molecule has 0 aliphatic heterocycles. The summed E-state index contributed by atoms with van der Waals surface area (Å²) in [6.45, 7) is 8.28. The molecule has 0 spiro atoms. The topological polar surface area (TPSA) is 12.0 Å². The van der Waals surface area contributed by atoms with Gasteiger partial charge in [0.2, 0.25) is 0 Å². The minimum atomic E-state index is 0.281. The first kappa shape index (κ1) is 13.9. The standard InChI is InChI=1S/C18H33N/c1-17(2,3)19-13-18(15-7-5-4-6-8-15)12-14-9-10-16(18)11-14/h14-16,19H,4-13H2,1-3H3. The molecule has 3 aliphatic carbocycles. The maximum Gasteiger partial charge on any atom is 0.00967 e. The Morgan fingerprint density at radius 3 is 2.21 bits per heavy atom. The molecule has 3 saturated carbocycles. The van der Waals surface area contributed by atoms with Crippen LogP contribution in [0.5, 0.6) is 0 Å². The normalized spacial score (nSPS) is 39.9. The van der Waals surface area contributed by atoms with E-state index < -0.39 is 0 Å². The summed E-state index contributed by atoms with van der Waals surface area (Å²) in [5.74, 6) is 3.16. The highest BCUT2D eigenvalue weighted by Gasteiger charge is 2.54. The molecule has 110 valence electrons. The van der Waals surface area contributed by atoms with Gasteiger partial charge in [0.15, 0.2) is 0 Å². The fourth-order valence-electron chi connectivity index (χ4n) is 5.45. The van der Waals surface area contributed by atoms with Crippen LogP contribution in [0.25, 0.3) is 0 Å². The van der Waals surface area contributed by atoms with Crippen molar-refractivity contribution in [3.05, 3.63) is 0 Å². The van der Waals surface area contributed by atoms with Gasteiger partial charge in [-0.3, -0.25) is 0 Å². The second-order valence-electron chi connectivity index (χ2n) is 8.75. The van der Waals surface area contributed by atoms with Gasteiger partial charge in [-0.25, -0.2) is 0 Å². The fourth-order valence-corrected chi connectivity index (χ4v) is 5.45. The molecule has 0 aromatic heterocycles. The second kappa shape index (κ2) is 5.06. The highest BCUT2D eigenvalue weighted by Crippen LogP contribution is 2.61. The molecule has 1 N–H and O–H groups in total. The Hall–Kier alpha value is -0.0400. The van der Waals surface area contributed by atoms with Gasteiger partial charge in [0.1, 0.15) is 0 Å². The van der Waals surface area contributed by atoms with Crippen molar-refractivity contribution < 1.29 is 0 Å². The molecule has 0 saturated heterocycles. The molecule has 0 heterocycles. The van der Waals surface area contributed by atoms with Gasteiger partial charge >= 0.3 is 0 Å². The van der Waals surface area contributed by atoms with E-state index in [1.807, 2.05) is 0 Å². The largest absolute Gasteiger partial charge is 0.311 e. The number of hydrogen-bond acceptors (Lipinski definition) is 1. The minimum absolute atomic E-state index is 0.281. The van der Waals surface area contributed by atoms with Gasteiger partial charge in [-0.05, 0) is 76.0 Å². The molecule has 3 aliphatic rings. The van der Waals surface area contributed by atoms with Crippen molar-refractivity contribution in [3.63, 3.8) is 0 Å². The van der Waals surface area contributed by atoms with Crippen LogP contribution in [0, 0.1) is 23.2 Å². The van der Waals surface area contributed by atoms with E-state index >= 15 is 0 Å². The van der Waals surface area contributed by atoms with E-state index in [1.165, 1.54) is 51.5 Å². The van der Waals surface area contributed by atoms with Crippen molar-refractivity contribution in [1.82, 2.24) is 5.32 Å². The molecule has 19 heavy (non-hydrogen) atoms. The summed E-state index contributed by atoms with van der Waals surface area (Å²) in [5, 5.41) is 3.89. The summed E-state index contributed by atoms with van der Waals surface area (Å²) >= 11 is 0. The van der Waals surface area contributed by atoms with Crippen LogP contribution in [0.15, 0.2) is 0 Å². The van der Waals surface area contributed by atoms with Crippen molar-refractivity contribution >= 4 is 0 Å². The molecule has 0 amide bonds. The van der Waals surface area contributed by atoms with Crippen molar-refractivity contribution in [1.29, 1.82) is 0 Å². The smallest absolute Gasteiger partial charge is 0.00967 e. The Balaban J connectivity index is 1.75. The van der Waals surface area contributed by atoms with Crippen LogP contribution in [0.4, 0.5) is 0 Å². The van der Waals surface area contributed by atoms with Gasteiger partial charge in [0.25, 0.3) is 0 Å². The van der Waals surface area contributed by atoms with Gasteiger partial charge in [0.05, 0.1) is 0 Å². The molecule has 0 aromatic rings. The van der Waals surface area contributed by atoms with Crippen molar-refractivity contribution in [2.75, 3.05) is 6.54 Å². The third-order valence-corrected chi connectivity index (χ3v) is 6.39. The average Bonchev–Trinajstić information content (AvgIpc) is 2.97. The summed E-state index contributed by atoms with van der Waals surface area (Å²) < 4.78 is 0. The van der Waals surface area contributed by atoms with Crippen LogP contribution in [0.2, 0.25) is 0 Å². The number of rotatable bonds is 3. The molecule has 0 radical (unpaired) electrons. The van der Waals surface area contributed by atoms with Crippen LogP contribution in [-0.4, -0.2) is 12.1 Å². The lowest BCUT2D eigenvalue weighted by Gasteiger charge is -2.47. The maximum atomic E-state index is 3.89. The average molecular weight is 263 g/mol. The summed E-state index contributed by atoms with van der Waals surface area (Å²) in [4.78, 5) is 0. The zero-order valence-corrected chi connectivity index (χ0v) is 13.3. The van der Waals surface area contributed by atoms with Crippen LogP contribution in [-0.2, 0) is 0 Å². The Bertz CT molecular complexity index is 310. The van der Waals surface area contributed by atoms with Crippen molar-refractivity contribution in [2.24, 2.45) is 23.2 Å². The quantitative estimate of drug-likeness (QED) is 0.774. The van der Waals surface area contributed by atoms with Crippen LogP contribution >= 0.6 is 0 Å².